The van der Waals surface area contributed by atoms with E-state index in [1.54, 1.807) is 18.5 Å². The van der Waals surface area contributed by atoms with Crippen LogP contribution in [0.2, 0.25) is 0 Å². The molecule has 0 fully saturated rings. The number of benzene rings is 1. The average Bonchev–Trinajstić information content (AvgIpc) is 3.05. The number of nitrogens with zero attached hydrogens (tertiary/aromatic N) is 6. The molecule has 0 saturated carbocycles. The van der Waals surface area contributed by atoms with Gasteiger partial charge in [-0.05, 0) is 6.07 Å². The number of nitrogen functional groups attached to an aromatic ring is 2. The predicted octanol–water partition coefficient (Wildman–Crippen LogP) is 1.72. The molecule has 1 amide bonds. The van der Waals surface area contributed by atoms with Crippen molar-refractivity contribution in [3.05, 3.63) is 48.3 Å². The van der Waals surface area contributed by atoms with Crippen LogP contribution in [0.25, 0.3) is 22.4 Å². The Hall–Kier alpha value is -4.35. The smallest absolute Gasteiger partial charge is 0.409 e. The molecule has 0 atom stereocenters. The first-order valence-corrected chi connectivity index (χ1v) is 8.26. The number of carbonyl (C=O) groups is 1. The molecule has 12 heteroatoms. The maximum atomic E-state index is 14.6. The van der Waals surface area contributed by atoms with Crippen molar-refractivity contribution >= 4 is 34.3 Å². The fourth-order valence-corrected chi connectivity index (χ4v) is 2.89. The highest BCUT2D eigenvalue weighted by molar-refractivity contribution is 5.95. The highest BCUT2D eigenvalue weighted by Crippen LogP contribution is 2.31. The lowest BCUT2D eigenvalue weighted by Gasteiger charge is -2.08. The molecule has 0 unspecified atom stereocenters. The van der Waals surface area contributed by atoms with E-state index in [0.29, 0.717) is 10.9 Å². The SMILES string of the molecule is Nc1nc(-c2nn(Cc3cncnc3)c3c(F)cccc23)nc(N)c1NC(=O)O. The second-order valence-corrected chi connectivity index (χ2v) is 6.01. The van der Waals surface area contributed by atoms with Crippen LogP contribution < -0.4 is 16.8 Å². The fourth-order valence-electron chi connectivity index (χ4n) is 2.89. The van der Waals surface area contributed by atoms with E-state index in [-0.39, 0.29) is 40.9 Å². The normalized spacial score (nSPS) is 10.9. The Morgan fingerprint density at radius 1 is 1.17 bits per heavy atom. The van der Waals surface area contributed by atoms with Crippen LogP contribution in [0.15, 0.2) is 36.9 Å². The lowest BCUT2D eigenvalue weighted by molar-refractivity contribution is 0.209. The number of para-hydroxylation sites is 1. The molecule has 6 N–H and O–H groups in total. The van der Waals surface area contributed by atoms with Gasteiger partial charge in [0, 0.05) is 23.3 Å². The topological polar surface area (TPSA) is 171 Å². The number of rotatable bonds is 4. The first-order chi connectivity index (χ1) is 13.9. The van der Waals surface area contributed by atoms with E-state index in [2.05, 4.69) is 25.0 Å². The summed E-state index contributed by atoms with van der Waals surface area (Å²) in [6.07, 6.45) is 3.23. The van der Waals surface area contributed by atoms with Crippen molar-refractivity contribution in [2.45, 2.75) is 6.54 Å². The van der Waals surface area contributed by atoms with E-state index in [9.17, 15) is 9.18 Å². The minimum absolute atomic E-state index is 0.0367. The van der Waals surface area contributed by atoms with Crippen LogP contribution in [0.1, 0.15) is 5.56 Å². The van der Waals surface area contributed by atoms with Crippen LogP contribution in [0.3, 0.4) is 0 Å². The minimum Gasteiger partial charge on any atom is -0.465 e. The van der Waals surface area contributed by atoms with Gasteiger partial charge in [0.1, 0.15) is 29.0 Å². The van der Waals surface area contributed by atoms with Crippen LogP contribution in [-0.2, 0) is 6.54 Å². The molecule has 4 rings (SSSR count). The first kappa shape index (κ1) is 18.0. The fraction of sp³-hybridized carbons (Fsp3) is 0.0588. The Kier molecular flexibility index (Phi) is 4.35. The number of fused-ring (bicyclic) bond motifs is 1. The highest BCUT2D eigenvalue weighted by atomic mass is 19.1. The standard InChI is InChI=1S/C17H14FN9O2/c18-10-3-1-2-9-11(16-24-14(19)12(15(20)25-16)23-17(28)29)26-27(13(9)10)6-8-4-21-7-22-5-8/h1-5,7,23H,6H2,(H,28,29)(H4,19,20,24,25). The molecule has 4 aromatic rings. The predicted molar refractivity (Wildman–Crippen MR) is 102 cm³/mol. The molecule has 3 heterocycles. The molecular formula is C17H14FN9O2. The van der Waals surface area contributed by atoms with Gasteiger partial charge in [0.15, 0.2) is 17.5 Å². The van der Waals surface area contributed by atoms with Gasteiger partial charge in [-0.25, -0.2) is 29.1 Å². The summed E-state index contributed by atoms with van der Waals surface area (Å²) in [4.78, 5) is 27.0. The number of nitrogens with two attached hydrogens (primary N) is 2. The molecule has 3 aromatic heterocycles. The van der Waals surface area contributed by atoms with Gasteiger partial charge in [0.2, 0.25) is 0 Å². The van der Waals surface area contributed by atoms with E-state index in [1.807, 2.05) is 5.32 Å². The van der Waals surface area contributed by atoms with Crippen molar-refractivity contribution < 1.29 is 14.3 Å². The Morgan fingerprint density at radius 3 is 2.52 bits per heavy atom. The summed E-state index contributed by atoms with van der Waals surface area (Å²) in [6.45, 7) is 0.210. The van der Waals surface area contributed by atoms with Gasteiger partial charge in [-0.2, -0.15) is 5.10 Å². The van der Waals surface area contributed by atoms with Crippen molar-refractivity contribution in [2.24, 2.45) is 0 Å². The average molecular weight is 395 g/mol. The van der Waals surface area contributed by atoms with E-state index in [4.69, 9.17) is 16.6 Å². The van der Waals surface area contributed by atoms with Gasteiger partial charge < -0.3 is 16.6 Å². The summed E-state index contributed by atoms with van der Waals surface area (Å²) < 4.78 is 16.0. The molecule has 0 bridgehead atoms. The summed E-state index contributed by atoms with van der Waals surface area (Å²) >= 11 is 0. The summed E-state index contributed by atoms with van der Waals surface area (Å²) in [5, 5.41) is 15.8. The molecule has 1 aromatic carbocycles. The largest absolute Gasteiger partial charge is 0.465 e. The van der Waals surface area contributed by atoms with Crippen molar-refractivity contribution in [1.82, 2.24) is 29.7 Å². The van der Waals surface area contributed by atoms with E-state index >= 15 is 0 Å². The van der Waals surface area contributed by atoms with Crippen LogP contribution in [-0.4, -0.2) is 40.9 Å². The second-order valence-electron chi connectivity index (χ2n) is 6.01. The Balaban J connectivity index is 1.87. The van der Waals surface area contributed by atoms with Crippen LogP contribution in [0, 0.1) is 5.82 Å². The molecule has 11 nitrogen and oxygen atoms in total. The molecule has 0 radical (unpaired) electrons. The number of amides is 1. The number of carboxylic acid groups (broad SMARTS) is 1. The lowest BCUT2D eigenvalue weighted by atomic mass is 10.2. The highest BCUT2D eigenvalue weighted by Gasteiger charge is 2.20. The number of anilines is 3. The van der Waals surface area contributed by atoms with Crippen LogP contribution in [0.5, 0.6) is 0 Å². The Bertz CT molecular complexity index is 1200. The van der Waals surface area contributed by atoms with Gasteiger partial charge in [0.05, 0.1) is 6.54 Å². The Morgan fingerprint density at radius 2 is 1.86 bits per heavy atom. The molecule has 0 aliphatic heterocycles. The monoisotopic (exact) mass is 395 g/mol. The van der Waals surface area contributed by atoms with E-state index in [1.165, 1.54) is 23.1 Å². The summed E-state index contributed by atoms with van der Waals surface area (Å²) in [5.41, 5.74) is 12.7. The van der Waals surface area contributed by atoms with Gasteiger partial charge in [-0.3, -0.25) is 10.00 Å². The molecule has 0 spiro atoms. The quantitative estimate of drug-likeness (QED) is 0.401. The van der Waals surface area contributed by atoms with Crippen LogP contribution in [0.4, 0.5) is 26.5 Å². The molecule has 0 aliphatic rings. The minimum atomic E-state index is -1.36. The van der Waals surface area contributed by atoms with Gasteiger partial charge in [-0.1, -0.05) is 12.1 Å². The molecule has 146 valence electrons. The van der Waals surface area contributed by atoms with Gasteiger partial charge in [0.25, 0.3) is 0 Å². The van der Waals surface area contributed by atoms with Crippen molar-refractivity contribution in [3.63, 3.8) is 0 Å². The maximum Gasteiger partial charge on any atom is 0.409 e. The number of halogens is 1. The number of hydrogen-bond acceptors (Lipinski definition) is 8. The third kappa shape index (κ3) is 3.34. The molecule has 0 saturated heterocycles. The first-order valence-electron chi connectivity index (χ1n) is 8.26. The van der Waals surface area contributed by atoms with Crippen molar-refractivity contribution in [1.29, 1.82) is 0 Å². The van der Waals surface area contributed by atoms with Gasteiger partial charge in [-0.15, -0.1) is 0 Å². The zero-order valence-corrected chi connectivity index (χ0v) is 14.7. The number of aromatic nitrogens is 6. The summed E-state index contributed by atoms with van der Waals surface area (Å²) in [6, 6.07) is 4.51. The summed E-state index contributed by atoms with van der Waals surface area (Å²) in [5.74, 6) is -0.797. The Labute approximate surface area is 162 Å². The van der Waals surface area contributed by atoms with Gasteiger partial charge >= 0.3 is 6.09 Å². The van der Waals surface area contributed by atoms with Crippen LogP contribution >= 0.6 is 0 Å². The zero-order valence-electron chi connectivity index (χ0n) is 14.7. The number of nitrogens with one attached hydrogen (secondary N) is 1. The molecular weight excluding hydrogens is 381 g/mol. The lowest BCUT2D eigenvalue weighted by Crippen LogP contribution is -2.14. The molecule has 29 heavy (non-hydrogen) atoms. The summed E-state index contributed by atoms with van der Waals surface area (Å²) in [7, 11) is 0. The number of hydrogen-bond donors (Lipinski definition) is 4. The van der Waals surface area contributed by atoms with E-state index < -0.39 is 11.9 Å². The third-order valence-electron chi connectivity index (χ3n) is 4.08. The zero-order chi connectivity index (χ0) is 20.5. The van der Waals surface area contributed by atoms with E-state index in [0.717, 1.165) is 0 Å². The molecule has 0 aliphatic carbocycles. The maximum absolute atomic E-state index is 14.6. The second kappa shape index (κ2) is 6.99. The third-order valence-corrected chi connectivity index (χ3v) is 4.08. The van der Waals surface area contributed by atoms with Crippen molar-refractivity contribution in [3.8, 4) is 11.5 Å². The van der Waals surface area contributed by atoms with Crippen molar-refractivity contribution in [2.75, 3.05) is 16.8 Å².